The molecule has 0 aromatic heterocycles. The third kappa shape index (κ3) is 2.56. The Morgan fingerprint density at radius 1 is 1.14 bits per heavy atom. The Kier molecular flexibility index (Phi) is 1.75. The van der Waals surface area contributed by atoms with E-state index in [2.05, 4.69) is 0 Å². The minimum absolute atomic E-state index is 0.188. The van der Waals surface area contributed by atoms with E-state index in [1.54, 1.807) is 20.8 Å². The molecule has 0 rings (SSSR count). The lowest BCUT2D eigenvalue weighted by atomic mass is 10.1. The molecule has 0 radical (unpaired) electrons. The monoisotopic (exact) mass is 105 g/mol. The maximum Gasteiger partial charge on any atom is 0.0648 e. The lowest BCUT2D eigenvalue weighted by Crippen LogP contribution is -2.35. The summed E-state index contributed by atoms with van der Waals surface area (Å²) in [5, 5.41) is 16.7. The van der Waals surface area contributed by atoms with Crippen LogP contribution in [0, 0.1) is 0 Å². The van der Waals surface area contributed by atoms with Crippen molar-refractivity contribution < 1.29 is 10.4 Å². The molecule has 0 unspecified atom stereocenters. The lowest BCUT2D eigenvalue weighted by Gasteiger charge is -2.21. The molecule has 0 aliphatic carbocycles. The van der Waals surface area contributed by atoms with E-state index in [1.165, 1.54) is 0 Å². The van der Waals surface area contributed by atoms with Crippen LogP contribution in [-0.4, -0.2) is 21.2 Å². The molecule has 0 aromatic carbocycles. The third-order valence-electron chi connectivity index (χ3n) is 0.600. The summed E-state index contributed by atoms with van der Waals surface area (Å²) < 4.78 is 0. The maximum atomic E-state index is 8.28. The SMILES string of the molecule is CC(C)(C)N(O)O. The van der Waals surface area contributed by atoms with Gasteiger partial charge in [-0.1, -0.05) is 5.23 Å². The molecule has 3 nitrogen and oxygen atoms in total. The Balaban J connectivity index is 3.54. The fourth-order valence-corrected chi connectivity index (χ4v) is 0. The van der Waals surface area contributed by atoms with Crippen LogP contribution in [0.15, 0.2) is 0 Å². The summed E-state index contributed by atoms with van der Waals surface area (Å²) in [5.74, 6) is 0. The first-order valence-electron chi connectivity index (χ1n) is 2.12. The van der Waals surface area contributed by atoms with E-state index in [0.717, 1.165) is 0 Å². The molecule has 0 fully saturated rings. The van der Waals surface area contributed by atoms with Gasteiger partial charge in [-0.3, -0.25) is 10.4 Å². The van der Waals surface area contributed by atoms with Crippen molar-refractivity contribution in [2.45, 2.75) is 26.3 Å². The second-order valence-electron chi connectivity index (χ2n) is 2.46. The van der Waals surface area contributed by atoms with Gasteiger partial charge in [-0.05, 0) is 20.8 Å². The van der Waals surface area contributed by atoms with Crippen LogP contribution in [0.2, 0.25) is 0 Å². The minimum atomic E-state index is -0.556. The van der Waals surface area contributed by atoms with Gasteiger partial charge in [-0.2, -0.15) is 0 Å². The van der Waals surface area contributed by atoms with Gasteiger partial charge in [0.1, 0.15) is 0 Å². The maximum absolute atomic E-state index is 8.28. The average Bonchev–Trinajstić information content (AvgIpc) is 1.31. The number of hydrogen-bond acceptors (Lipinski definition) is 3. The first-order chi connectivity index (χ1) is 2.94. The van der Waals surface area contributed by atoms with Crippen molar-refractivity contribution in [2.24, 2.45) is 0 Å². The fourth-order valence-electron chi connectivity index (χ4n) is 0. The second kappa shape index (κ2) is 1.78. The van der Waals surface area contributed by atoms with E-state index in [1.807, 2.05) is 0 Å². The molecular weight excluding hydrogens is 94.0 g/mol. The number of hydroxylamine groups is 2. The van der Waals surface area contributed by atoms with E-state index in [4.69, 9.17) is 10.4 Å². The molecule has 0 atom stereocenters. The van der Waals surface area contributed by atoms with E-state index in [-0.39, 0.29) is 5.23 Å². The van der Waals surface area contributed by atoms with Crippen molar-refractivity contribution in [3.8, 4) is 0 Å². The zero-order valence-corrected chi connectivity index (χ0v) is 4.84. The molecule has 0 heterocycles. The lowest BCUT2D eigenvalue weighted by molar-refractivity contribution is -0.352. The highest BCUT2D eigenvalue weighted by Gasteiger charge is 2.15. The molecule has 3 heteroatoms. The van der Waals surface area contributed by atoms with Gasteiger partial charge >= 0.3 is 0 Å². The van der Waals surface area contributed by atoms with E-state index in [9.17, 15) is 0 Å². The quantitative estimate of drug-likeness (QED) is 0.449. The topological polar surface area (TPSA) is 43.7 Å². The van der Waals surface area contributed by atoms with Crippen LogP contribution in [-0.2, 0) is 0 Å². The van der Waals surface area contributed by atoms with Crippen LogP contribution in [0.4, 0.5) is 0 Å². The van der Waals surface area contributed by atoms with Crippen molar-refractivity contribution in [3.63, 3.8) is 0 Å². The molecule has 0 saturated carbocycles. The largest absolute Gasteiger partial charge is 0.289 e. The highest BCUT2D eigenvalue weighted by molar-refractivity contribution is 4.61. The second-order valence-corrected chi connectivity index (χ2v) is 2.46. The van der Waals surface area contributed by atoms with Crippen molar-refractivity contribution in [3.05, 3.63) is 0 Å². The zero-order valence-electron chi connectivity index (χ0n) is 4.84. The molecule has 0 aliphatic heterocycles. The molecule has 0 aromatic rings. The Hall–Kier alpha value is -0.120. The standard InChI is InChI=1S/C4H11NO2/c1-4(2,3)5(6)7/h6-7H,1-3H3. The third-order valence-corrected chi connectivity index (χ3v) is 0.600. The summed E-state index contributed by atoms with van der Waals surface area (Å²) >= 11 is 0. The van der Waals surface area contributed by atoms with E-state index < -0.39 is 5.54 Å². The first-order valence-corrected chi connectivity index (χ1v) is 2.12. The van der Waals surface area contributed by atoms with Gasteiger partial charge in [0.15, 0.2) is 0 Å². The summed E-state index contributed by atoms with van der Waals surface area (Å²) in [6.45, 7) is 5.06. The van der Waals surface area contributed by atoms with Crippen LogP contribution in [0.1, 0.15) is 20.8 Å². The fraction of sp³-hybridized carbons (Fsp3) is 1.00. The van der Waals surface area contributed by atoms with Crippen LogP contribution in [0.5, 0.6) is 0 Å². The Labute approximate surface area is 43.1 Å². The zero-order chi connectivity index (χ0) is 6.08. The first kappa shape index (κ1) is 6.88. The van der Waals surface area contributed by atoms with Gasteiger partial charge in [0.25, 0.3) is 0 Å². The van der Waals surface area contributed by atoms with Gasteiger partial charge in [-0.15, -0.1) is 0 Å². The number of nitrogens with zero attached hydrogens (tertiary/aromatic N) is 1. The van der Waals surface area contributed by atoms with Crippen molar-refractivity contribution in [1.82, 2.24) is 5.23 Å². The van der Waals surface area contributed by atoms with E-state index in [0.29, 0.717) is 0 Å². The summed E-state index contributed by atoms with van der Waals surface area (Å²) in [4.78, 5) is 0. The summed E-state index contributed by atoms with van der Waals surface area (Å²) in [6, 6.07) is 0. The van der Waals surface area contributed by atoms with Crippen molar-refractivity contribution in [2.75, 3.05) is 0 Å². The molecule has 0 saturated heterocycles. The molecule has 2 N–H and O–H groups in total. The van der Waals surface area contributed by atoms with E-state index >= 15 is 0 Å². The molecule has 44 valence electrons. The number of hydrogen-bond donors (Lipinski definition) is 2. The summed E-state index contributed by atoms with van der Waals surface area (Å²) in [7, 11) is 0. The van der Waals surface area contributed by atoms with Crippen molar-refractivity contribution in [1.29, 1.82) is 0 Å². The minimum Gasteiger partial charge on any atom is -0.289 e. The van der Waals surface area contributed by atoms with Gasteiger partial charge in [0.2, 0.25) is 0 Å². The molecule has 0 amide bonds. The molecule has 0 bridgehead atoms. The highest BCUT2D eigenvalue weighted by atomic mass is 16.8. The predicted molar refractivity (Wildman–Crippen MR) is 25.2 cm³/mol. The van der Waals surface area contributed by atoms with Gasteiger partial charge in [-0.25, -0.2) is 0 Å². The predicted octanol–water partition coefficient (Wildman–Crippen LogP) is 0.865. The molecule has 0 aliphatic rings. The van der Waals surface area contributed by atoms with Crippen LogP contribution in [0.3, 0.4) is 0 Å². The van der Waals surface area contributed by atoms with Crippen LogP contribution < -0.4 is 0 Å². The number of rotatable bonds is 0. The van der Waals surface area contributed by atoms with Gasteiger partial charge in [0, 0.05) is 0 Å². The van der Waals surface area contributed by atoms with Crippen molar-refractivity contribution >= 4 is 0 Å². The van der Waals surface area contributed by atoms with Gasteiger partial charge < -0.3 is 0 Å². The molecule has 7 heavy (non-hydrogen) atoms. The summed E-state index contributed by atoms with van der Waals surface area (Å²) in [6.07, 6.45) is 0. The summed E-state index contributed by atoms with van der Waals surface area (Å²) in [5.41, 5.74) is -0.556. The smallest absolute Gasteiger partial charge is 0.0648 e. The molecular formula is C4H11NO2. The molecule has 0 spiro atoms. The normalized spacial score (nSPS) is 12.9. The van der Waals surface area contributed by atoms with Crippen LogP contribution in [0.25, 0.3) is 0 Å². The Morgan fingerprint density at radius 3 is 1.29 bits per heavy atom. The highest BCUT2D eigenvalue weighted by Crippen LogP contribution is 2.04. The Bertz CT molecular complexity index is 55.2. The van der Waals surface area contributed by atoms with Gasteiger partial charge in [0.05, 0.1) is 5.54 Å². The van der Waals surface area contributed by atoms with Crippen LogP contribution >= 0.6 is 0 Å². The Morgan fingerprint density at radius 2 is 1.29 bits per heavy atom. The average molecular weight is 105 g/mol.